The molecule has 0 radical (unpaired) electrons. The van der Waals surface area contributed by atoms with E-state index in [1.807, 2.05) is 19.1 Å². The number of quaternary nitrogens is 1. The number of hydrogen-bond acceptors (Lipinski definition) is 4. The van der Waals surface area contributed by atoms with Crippen LogP contribution in [0.1, 0.15) is 26.2 Å². The molecular formula is C20H31N4O3+. The number of amides is 2. The van der Waals surface area contributed by atoms with Crippen molar-refractivity contribution in [1.29, 1.82) is 0 Å². The summed E-state index contributed by atoms with van der Waals surface area (Å²) in [5.41, 5.74) is 2.07. The fourth-order valence-corrected chi connectivity index (χ4v) is 3.74. The molecule has 0 atom stereocenters. The van der Waals surface area contributed by atoms with Crippen molar-refractivity contribution in [2.75, 3.05) is 62.6 Å². The van der Waals surface area contributed by atoms with E-state index >= 15 is 0 Å². The second kappa shape index (κ2) is 9.60. The van der Waals surface area contributed by atoms with Gasteiger partial charge in [0.25, 0.3) is 5.91 Å². The number of carbonyl (C=O) groups is 2. The first-order valence-electron chi connectivity index (χ1n) is 10.1. The maximum atomic E-state index is 12.3. The van der Waals surface area contributed by atoms with Crippen LogP contribution in [0.5, 0.6) is 0 Å². The first-order chi connectivity index (χ1) is 13.2. The van der Waals surface area contributed by atoms with Crippen LogP contribution in [0.25, 0.3) is 0 Å². The Balaban J connectivity index is 1.42. The summed E-state index contributed by atoms with van der Waals surface area (Å²) in [6.45, 7) is 7.65. The molecule has 1 aromatic rings. The monoisotopic (exact) mass is 375 g/mol. The highest BCUT2D eigenvalue weighted by Gasteiger charge is 2.25. The van der Waals surface area contributed by atoms with Gasteiger partial charge < -0.3 is 19.9 Å². The van der Waals surface area contributed by atoms with Gasteiger partial charge in [-0.25, -0.2) is 4.79 Å². The molecule has 27 heavy (non-hydrogen) atoms. The van der Waals surface area contributed by atoms with Gasteiger partial charge in [-0.15, -0.1) is 0 Å². The summed E-state index contributed by atoms with van der Waals surface area (Å²) in [6, 6.07) is 8.14. The second-order valence-electron chi connectivity index (χ2n) is 7.26. The van der Waals surface area contributed by atoms with Crippen molar-refractivity contribution in [3.8, 4) is 0 Å². The van der Waals surface area contributed by atoms with Gasteiger partial charge in [-0.1, -0.05) is 0 Å². The zero-order chi connectivity index (χ0) is 19.1. The van der Waals surface area contributed by atoms with Crippen LogP contribution in [-0.2, 0) is 9.53 Å². The quantitative estimate of drug-likeness (QED) is 0.805. The molecule has 2 amide bonds. The number of hydrogen-bond donors (Lipinski definition) is 2. The number of piperidine rings is 1. The third-order valence-electron chi connectivity index (χ3n) is 5.28. The Labute approximate surface area is 161 Å². The number of ether oxygens (including phenoxy) is 1. The van der Waals surface area contributed by atoms with E-state index in [9.17, 15) is 9.59 Å². The van der Waals surface area contributed by atoms with Gasteiger partial charge in [0, 0.05) is 24.5 Å². The molecule has 2 aliphatic heterocycles. The topological polar surface area (TPSA) is 66.3 Å². The highest BCUT2D eigenvalue weighted by atomic mass is 16.6. The Morgan fingerprint density at radius 3 is 2.33 bits per heavy atom. The summed E-state index contributed by atoms with van der Waals surface area (Å²) < 4.78 is 5.03. The third kappa shape index (κ3) is 5.60. The molecule has 7 nitrogen and oxygen atoms in total. The molecule has 0 aromatic heterocycles. The van der Waals surface area contributed by atoms with Crippen molar-refractivity contribution in [1.82, 2.24) is 4.90 Å². The van der Waals surface area contributed by atoms with Gasteiger partial charge in [0.05, 0.1) is 32.8 Å². The Morgan fingerprint density at radius 2 is 1.70 bits per heavy atom. The Morgan fingerprint density at radius 1 is 1.04 bits per heavy atom. The van der Waals surface area contributed by atoms with Gasteiger partial charge in [-0.05, 0) is 50.5 Å². The van der Waals surface area contributed by atoms with Crippen LogP contribution >= 0.6 is 0 Å². The van der Waals surface area contributed by atoms with Crippen molar-refractivity contribution in [3.05, 3.63) is 24.3 Å². The predicted octanol–water partition coefficient (Wildman–Crippen LogP) is 0.972. The van der Waals surface area contributed by atoms with Gasteiger partial charge in [-0.2, -0.15) is 0 Å². The molecule has 0 spiro atoms. The number of benzene rings is 1. The van der Waals surface area contributed by atoms with E-state index in [0.29, 0.717) is 26.2 Å². The maximum Gasteiger partial charge on any atom is 0.410 e. The number of nitrogens with one attached hydrogen (secondary N) is 2. The van der Waals surface area contributed by atoms with Gasteiger partial charge in [0.1, 0.15) is 0 Å². The van der Waals surface area contributed by atoms with Crippen LogP contribution in [0.4, 0.5) is 16.2 Å². The predicted molar refractivity (Wildman–Crippen MR) is 105 cm³/mol. The molecule has 0 aliphatic carbocycles. The smallest absolute Gasteiger partial charge is 0.410 e. The van der Waals surface area contributed by atoms with Crippen molar-refractivity contribution < 1.29 is 19.2 Å². The van der Waals surface area contributed by atoms with Gasteiger partial charge in [0.2, 0.25) is 0 Å². The summed E-state index contributed by atoms with van der Waals surface area (Å²) >= 11 is 0. The minimum Gasteiger partial charge on any atom is -0.450 e. The molecule has 2 saturated heterocycles. The lowest BCUT2D eigenvalue weighted by Crippen LogP contribution is -3.15. The van der Waals surface area contributed by atoms with Crippen LogP contribution in [0.2, 0.25) is 0 Å². The number of carbonyl (C=O) groups excluding carboxylic acids is 2. The molecular weight excluding hydrogens is 344 g/mol. The van der Waals surface area contributed by atoms with Crippen LogP contribution in [0.15, 0.2) is 24.3 Å². The molecule has 2 fully saturated rings. The fraction of sp³-hybridized carbons (Fsp3) is 0.600. The summed E-state index contributed by atoms with van der Waals surface area (Å²) in [5.74, 6) is 0.0142. The SMILES string of the molecule is CCOC(=O)N1CC[NH+](CC(=O)Nc2ccc(N3CCCCC3)cc2)CC1. The molecule has 148 valence electrons. The van der Waals surface area contributed by atoms with Gasteiger partial charge in [0.15, 0.2) is 6.54 Å². The molecule has 1 aromatic carbocycles. The fourth-order valence-electron chi connectivity index (χ4n) is 3.74. The van der Waals surface area contributed by atoms with Crippen molar-refractivity contribution in [3.63, 3.8) is 0 Å². The summed E-state index contributed by atoms with van der Waals surface area (Å²) in [6.07, 6.45) is 3.57. The van der Waals surface area contributed by atoms with Crippen LogP contribution in [-0.4, -0.2) is 69.3 Å². The van der Waals surface area contributed by atoms with E-state index in [0.717, 1.165) is 31.9 Å². The van der Waals surface area contributed by atoms with Crippen molar-refractivity contribution in [2.24, 2.45) is 0 Å². The summed E-state index contributed by atoms with van der Waals surface area (Å²) in [5, 5.41) is 2.99. The summed E-state index contributed by atoms with van der Waals surface area (Å²) in [4.78, 5) is 29.4. The largest absolute Gasteiger partial charge is 0.450 e. The first kappa shape index (κ1) is 19.5. The minimum atomic E-state index is -0.255. The Hall–Kier alpha value is -2.28. The van der Waals surface area contributed by atoms with E-state index in [1.54, 1.807) is 4.90 Å². The average molecular weight is 375 g/mol. The van der Waals surface area contributed by atoms with Crippen LogP contribution < -0.4 is 15.1 Å². The Bertz CT molecular complexity index is 621. The normalized spacial score (nSPS) is 18.3. The van der Waals surface area contributed by atoms with Crippen LogP contribution in [0.3, 0.4) is 0 Å². The molecule has 3 rings (SSSR count). The van der Waals surface area contributed by atoms with E-state index in [1.165, 1.54) is 29.8 Å². The Kier molecular flexibility index (Phi) is 6.92. The van der Waals surface area contributed by atoms with Gasteiger partial charge in [-0.3, -0.25) is 9.69 Å². The highest BCUT2D eigenvalue weighted by Crippen LogP contribution is 2.21. The lowest BCUT2D eigenvalue weighted by Gasteiger charge is -2.31. The maximum absolute atomic E-state index is 12.3. The van der Waals surface area contributed by atoms with Gasteiger partial charge >= 0.3 is 6.09 Å². The molecule has 0 unspecified atom stereocenters. The van der Waals surface area contributed by atoms with E-state index < -0.39 is 0 Å². The number of nitrogens with zero attached hydrogens (tertiary/aromatic N) is 2. The molecule has 0 bridgehead atoms. The van der Waals surface area contributed by atoms with E-state index in [-0.39, 0.29) is 12.0 Å². The number of piperazine rings is 1. The average Bonchev–Trinajstić information content (AvgIpc) is 2.70. The van der Waals surface area contributed by atoms with E-state index in [2.05, 4.69) is 22.3 Å². The molecule has 2 aliphatic rings. The van der Waals surface area contributed by atoms with Crippen LogP contribution in [0, 0.1) is 0 Å². The molecule has 2 N–H and O–H groups in total. The molecule has 2 heterocycles. The lowest BCUT2D eigenvalue weighted by atomic mass is 10.1. The zero-order valence-electron chi connectivity index (χ0n) is 16.2. The second-order valence-corrected chi connectivity index (χ2v) is 7.26. The first-order valence-corrected chi connectivity index (χ1v) is 10.1. The molecule has 7 heteroatoms. The summed E-state index contributed by atoms with van der Waals surface area (Å²) in [7, 11) is 0. The zero-order valence-corrected chi connectivity index (χ0v) is 16.2. The van der Waals surface area contributed by atoms with Crippen molar-refractivity contribution in [2.45, 2.75) is 26.2 Å². The lowest BCUT2D eigenvalue weighted by molar-refractivity contribution is -0.895. The minimum absolute atomic E-state index is 0.0142. The number of anilines is 2. The third-order valence-corrected chi connectivity index (χ3v) is 5.28. The van der Waals surface area contributed by atoms with Crippen molar-refractivity contribution >= 4 is 23.4 Å². The molecule has 0 saturated carbocycles. The highest BCUT2D eigenvalue weighted by molar-refractivity contribution is 5.91. The standard InChI is InChI=1S/C20H30N4O3/c1-2-27-20(26)24-14-12-22(13-15-24)16-19(25)21-17-6-8-18(9-7-17)23-10-4-3-5-11-23/h6-9H,2-5,10-16H2,1H3,(H,21,25)/p+1. The van der Waals surface area contributed by atoms with E-state index in [4.69, 9.17) is 4.74 Å². The number of rotatable bonds is 5.